The van der Waals surface area contributed by atoms with Crippen LogP contribution in [0.4, 0.5) is 5.69 Å². The number of carbonyl (C=O) groups is 1. The van der Waals surface area contributed by atoms with Crippen LogP contribution in [0.25, 0.3) is 10.9 Å². The maximum atomic E-state index is 11.9. The quantitative estimate of drug-likeness (QED) is 0.418. The van der Waals surface area contributed by atoms with Crippen LogP contribution in [-0.2, 0) is 26.4 Å². The highest BCUT2D eigenvalue weighted by Gasteiger charge is 2.27. The molecule has 2 aromatic rings. The van der Waals surface area contributed by atoms with Gasteiger partial charge in [0.2, 0.25) is 0 Å². The first kappa shape index (κ1) is 19.4. The Labute approximate surface area is 159 Å². The Morgan fingerprint density at radius 2 is 2.15 bits per heavy atom. The summed E-state index contributed by atoms with van der Waals surface area (Å²) in [6.45, 7) is 0. The van der Waals surface area contributed by atoms with Crippen molar-refractivity contribution in [3.05, 3.63) is 34.0 Å². The summed E-state index contributed by atoms with van der Waals surface area (Å²) in [4.78, 5) is 26.7. The van der Waals surface area contributed by atoms with E-state index < -0.39 is 14.8 Å². The third kappa shape index (κ3) is 3.69. The molecule has 0 bridgehead atoms. The number of hydrogen-bond donors (Lipinski definition) is 0. The van der Waals surface area contributed by atoms with Gasteiger partial charge < -0.3 is 9.30 Å². The number of methoxy groups -OCH3 is 1. The number of aryl methyl sites for hydroxylation is 1. The van der Waals surface area contributed by atoms with Crippen LogP contribution in [0.1, 0.15) is 12.1 Å². The summed E-state index contributed by atoms with van der Waals surface area (Å²) in [5.41, 5.74) is 0.676. The average molecular weight is 411 g/mol. The van der Waals surface area contributed by atoms with E-state index in [4.69, 9.17) is 0 Å². The number of benzene rings is 1. The number of ether oxygens (including phenoxy) is 1. The number of hydrogen-bond acceptors (Lipinski definition) is 8. The number of nitro benzene ring substituents is 1. The molecule has 0 unspecified atom stereocenters. The van der Waals surface area contributed by atoms with E-state index in [1.807, 2.05) is 0 Å². The largest absolute Gasteiger partial charge is 0.469 e. The summed E-state index contributed by atoms with van der Waals surface area (Å²) < 4.78 is 30.0. The molecule has 1 aromatic heterocycles. The van der Waals surface area contributed by atoms with Crippen molar-refractivity contribution in [3.8, 4) is 0 Å². The number of aromatic nitrogens is 1. The monoisotopic (exact) mass is 411 g/mol. The molecule has 0 radical (unpaired) electrons. The van der Waals surface area contributed by atoms with Gasteiger partial charge in [0, 0.05) is 30.5 Å². The van der Waals surface area contributed by atoms with Crippen LogP contribution in [0.2, 0.25) is 0 Å². The first-order valence-corrected chi connectivity index (χ1v) is 10.7. The second kappa shape index (κ2) is 6.97. The normalized spacial score (nSPS) is 17.1. The number of fused-ring (bicyclic) bond motifs is 1. The predicted octanol–water partition coefficient (Wildman–Crippen LogP) is 1.92. The summed E-state index contributed by atoms with van der Waals surface area (Å²) >= 11 is 1.44. The van der Waals surface area contributed by atoms with Gasteiger partial charge in [-0.25, -0.2) is 8.42 Å². The molecule has 11 heteroatoms. The minimum atomic E-state index is -3.60. The van der Waals surface area contributed by atoms with E-state index in [9.17, 15) is 23.3 Å². The van der Waals surface area contributed by atoms with E-state index in [-0.39, 0.29) is 29.0 Å². The van der Waals surface area contributed by atoms with E-state index in [0.717, 1.165) is 12.3 Å². The summed E-state index contributed by atoms with van der Waals surface area (Å²) in [6.07, 6.45) is 1.17. The van der Waals surface area contributed by atoms with Crippen molar-refractivity contribution >= 4 is 49.2 Å². The third-order valence-corrected chi connectivity index (χ3v) is 6.50. The molecule has 27 heavy (non-hydrogen) atoms. The van der Waals surface area contributed by atoms with Crippen LogP contribution >= 0.6 is 11.8 Å². The Morgan fingerprint density at radius 3 is 2.74 bits per heavy atom. The topological polar surface area (TPSA) is 121 Å². The molecule has 0 amide bonds. The summed E-state index contributed by atoms with van der Waals surface area (Å²) in [5, 5.41) is 12.6. The van der Waals surface area contributed by atoms with E-state index in [1.165, 1.54) is 24.9 Å². The molecule has 9 nitrogen and oxygen atoms in total. The standard InChI is InChI=1S/C16H17N3O6S2/c1-18-13(16-17-10(8-26-16)6-14(20)25-2)5-9-4-11(27(3,23)24)7-12(15(9)18)19(21)22/h4-5,7,10H,6,8H2,1-3H3/t10-/m1/s1. The van der Waals surface area contributed by atoms with Crippen LogP contribution in [0.5, 0.6) is 0 Å². The molecule has 1 atom stereocenters. The molecule has 1 aromatic carbocycles. The van der Waals surface area contributed by atoms with Crippen molar-refractivity contribution in [2.45, 2.75) is 17.4 Å². The fourth-order valence-corrected chi connectivity index (χ4v) is 4.73. The van der Waals surface area contributed by atoms with E-state index in [1.54, 1.807) is 17.7 Å². The van der Waals surface area contributed by atoms with Gasteiger partial charge in [0.1, 0.15) is 10.6 Å². The Balaban J connectivity index is 2.13. The first-order chi connectivity index (χ1) is 12.6. The second-order valence-corrected chi connectivity index (χ2v) is 9.20. The molecule has 0 spiro atoms. The van der Waals surface area contributed by atoms with Gasteiger partial charge in [0.05, 0.1) is 35.1 Å². The lowest BCUT2D eigenvalue weighted by atomic mass is 10.2. The fraction of sp³-hybridized carbons (Fsp3) is 0.375. The van der Waals surface area contributed by atoms with Crippen molar-refractivity contribution in [2.24, 2.45) is 12.0 Å². The predicted molar refractivity (Wildman–Crippen MR) is 102 cm³/mol. The molecule has 0 saturated heterocycles. The molecule has 0 N–H and O–H groups in total. The number of rotatable bonds is 5. The lowest BCUT2D eigenvalue weighted by molar-refractivity contribution is -0.383. The van der Waals surface area contributed by atoms with Crippen LogP contribution in [0.15, 0.2) is 28.1 Å². The first-order valence-electron chi connectivity index (χ1n) is 7.87. The van der Waals surface area contributed by atoms with E-state index in [0.29, 0.717) is 27.4 Å². The van der Waals surface area contributed by atoms with Gasteiger partial charge in [-0.3, -0.25) is 19.9 Å². The number of thioether (sulfide) groups is 1. The molecule has 1 aliphatic rings. The van der Waals surface area contributed by atoms with E-state index in [2.05, 4.69) is 9.73 Å². The van der Waals surface area contributed by atoms with Crippen molar-refractivity contribution in [3.63, 3.8) is 0 Å². The lowest BCUT2D eigenvalue weighted by Gasteiger charge is -2.05. The Hall–Kier alpha value is -2.40. The van der Waals surface area contributed by atoms with Crippen molar-refractivity contribution in [2.75, 3.05) is 19.1 Å². The zero-order valence-electron chi connectivity index (χ0n) is 14.8. The van der Waals surface area contributed by atoms with Crippen LogP contribution < -0.4 is 0 Å². The zero-order chi connectivity index (χ0) is 19.9. The minimum absolute atomic E-state index is 0.108. The Kier molecular flexibility index (Phi) is 5.00. The third-order valence-electron chi connectivity index (χ3n) is 4.27. The molecular weight excluding hydrogens is 394 g/mol. The number of nitrogens with zero attached hydrogens (tertiary/aromatic N) is 3. The van der Waals surface area contributed by atoms with Crippen LogP contribution in [-0.4, -0.2) is 54.1 Å². The number of aliphatic imine (C=N–C) groups is 1. The maximum absolute atomic E-state index is 11.9. The highest BCUT2D eigenvalue weighted by Crippen LogP contribution is 2.34. The van der Waals surface area contributed by atoms with Gasteiger partial charge in [0.15, 0.2) is 9.84 Å². The highest BCUT2D eigenvalue weighted by molar-refractivity contribution is 8.14. The van der Waals surface area contributed by atoms with Crippen LogP contribution in [0, 0.1) is 10.1 Å². The number of nitro groups is 1. The zero-order valence-corrected chi connectivity index (χ0v) is 16.5. The van der Waals surface area contributed by atoms with E-state index >= 15 is 0 Å². The highest BCUT2D eigenvalue weighted by atomic mass is 32.2. The average Bonchev–Trinajstić information content (AvgIpc) is 3.17. The van der Waals surface area contributed by atoms with Crippen molar-refractivity contribution < 1.29 is 22.9 Å². The molecule has 2 heterocycles. The van der Waals surface area contributed by atoms with Gasteiger partial charge in [-0.2, -0.15) is 0 Å². The SMILES string of the molecule is COC(=O)C[C@@H]1CSC(c2cc3cc(S(C)(=O)=O)cc([N+](=O)[O-])c3n2C)=N1. The molecule has 1 aliphatic heterocycles. The van der Waals surface area contributed by atoms with Gasteiger partial charge in [-0.15, -0.1) is 11.8 Å². The lowest BCUT2D eigenvalue weighted by Crippen LogP contribution is -2.12. The minimum Gasteiger partial charge on any atom is -0.469 e. The number of carbonyl (C=O) groups excluding carboxylic acids is 1. The number of sulfone groups is 1. The molecule has 3 rings (SSSR count). The molecule has 0 saturated carbocycles. The Bertz CT molecular complexity index is 1090. The fourth-order valence-electron chi connectivity index (χ4n) is 2.95. The van der Waals surface area contributed by atoms with Gasteiger partial charge >= 0.3 is 5.97 Å². The molecule has 0 fully saturated rings. The van der Waals surface area contributed by atoms with Gasteiger partial charge in [0.25, 0.3) is 5.69 Å². The second-order valence-electron chi connectivity index (χ2n) is 6.18. The summed E-state index contributed by atoms with van der Waals surface area (Å²) in [6, 6.07) is 3.96. The summed E-state index contributed by atoms with van der Waals surface area (Å²) in [5.74, 6) is 0.249. The van der Waals surface area contributed by atoms with Gasteiger partial charge in [-0.1, -0.05) is 0 Å². The number of esters is 1. The smallest absolute Gasteiger partial charge is 0.307 e. The number of non-ortho nitro benzene ring substituents is 1. The maximum Gasteiger partial charge on any atom is 0.307 e. The van der Waals surface area contributed by atoms with Crippen LogP contribution in [0.3, 0.4) is 0 Å². The molecular formula is C16H17N3O6S2. The molecule has 144 valence electrons. The van der Waals surface area contributed by atoms with Gasteiger partial charge in [-0.05, 0) is 12.1 Å². The van der Waals surface area contributed by atoms with Crippen molar-refractivity contribution in [1.82, 2.24) is 4.57 Å². The van der Waals surface area contributed by atoms with Crippen molar-refractivity contribution in [1.29, 1.82) is 0 Å². The summed E-state index contributed by atoms with van der Waals surface area (Å²) in [7, 11) is -0.614. The molecule has 0 aliphatic carbocycles. The Morgan fingerprint density at radius 1 is 1.44 bits per heavy atom.